The second-order valence-corrected chi connectivity index (χ2v) is 5.15. The molecule has 0 saturated heterocycles. The Morgan fingerprint density at radius 2 is 1.73 bits per heavy atom. The summed E-state index contributed by atoms with van der Waals surface area (Å²) in [7, 11) is 0. The van der Waals surface area contributed by atoms with Gasteiger partial charge in [0, 0.05) is 6.07 Å². The summed E-state index contributed by atoms with van der Waals surface area (Å²) >= 11 is 12.5. The van der Waals surface area contributed by atoms with Crippen molar-refractivity contribution in [2.24, 2.45) is 0 Å². The number of hydrogen-bond acceptors (Lipinski definition) is 5. The monoisotopic (exact) mass is 331 g/mol. The Hall–Kier alpha value is -2.37. The lowest BCUT2D eigenvalue weighted by Crippen LogP contribution is -2.25. The standard InChI is InChI=1S/C15H11Cl2N5/c16-12-7-4-8-13(15(12)17)22(11-5-2-1-3-6-11)20-14-9-10-18-21-19-14/h1-10H,(H,18,19,20). The first kappa shape index (κ1) is 14.6. The maximum Gasteiger partial charge on any atom is 0.170 e. The maximum atomic E-state index is 6.34. The van der Waals surface area contributed by atoms with Crippen LogP contribution in [0.5, 0.6) is 0 Å². The smallest absolute Gasteiger partial charge is 0.170 e. The van der Waals surface area contributed by atoms with E-state index < -0.39 is 0 Å². The molecule has 0 aliphatic heterocycles. The van der Waals surface area contributed by atoms with Crippen molar-refractivity contribution in [3.05, 3.63) is 70.8 Å². The van der Waals surface area contributed by atoms with Crippen LogP contribution in [0.1, 0.15) is 0 Å². The van der Waals surface area contributed by atoms with E-state index in [1.54, 1.807) is 23.3 Å². The van der Waals surface area contributed by atoms with Crippen molar-refractivity contribution in [2.75, 3.05) is 10.4 Å². The lowest BCUT2D eigenvalue weighted by Gasteiger charge is -2.26. The minimum Gasteiger partial charge on any atom is -0.275 e. The Morgan fingerprint density at radius 1 is 0.909 bits per heavy atom. The number of hydrazine groups is 1. The van der Waals surface area contributed by atoms with Crippen molar-refractivity contribution in [3.63, 3.8) is 0 Å². The summed E-state index contributed by atoms with van der Waals surface area (Å²) in [5.74, 6) is 0.537. The maximum absolute atomic E-state index is 6.34. The second-order valence-electron chi connectivity index (χ2n) is 4.36. The molecule has 7 heteroatoms. The third-order valence-corrected chi connectivity index (χ3v) is 3.72. The molecule has 0 unspecified atom stereocenters. The Bertz CT molecular complexity index is 752. The van der Waals surface area contributed by atoms with E-state index in [4.69, 9.17) is 23.2 Å². The van der Waals surface area contributed by atoms with Crippen molar-refractivity contribution < 1.29 is 0 Å². The molecule has 0 saturated carbocycles. The van der Waals surface area contributed by atoms with Gasteiger partial charge in [-0.25, -0.2) is 0 Å². The van der Waals surface area contributed by atoms with Crippen LogP contribution in [0.4, 0.5) is 17.2 Å². The van der Waals surface area contributed by atoms with Gasteiger partial charge < -0.3 is 0 Å². The summed E-state index contributed by atoms with van der Waals surface area (Å²) in [5.41, 5.74) is 4.74. The molecule has 0 atom stereocenters. The van der Waals surface area contributed by atoms with Gasteiger partial charge in [-0.2, -0.15) is 0 Å². The van der Waals surface area contributed by atoms with Gasteiger partial charge in [0.15, 0.2) is 5.82 Å². The van der Waals surface area contributed by atoms with Gasteiger partial charge >= 0.3 is 0 Å². The largest absolute Gasteiger partial charge is 0.275 e. The fraction of sp³-hybridized carbons (Fsp3) is 0. The van der Waals surface area contributed by atoms with Crippen molar-refractivity contribution in [3.8, 4) is 0 Å². The average molecular weight is 332 g/mol. The van der Waals surface area contributed by atoms with Crippen molar-refractivity contribution in [2.45, 2.75) is 0 Å². The van der Waals surface area contributed by atoms with Gasteiger partial charge in [-0.05, 0) is 29.5 Å². The van der Waals surface area contributed by atoms with Gasteiger partial charge in [-0.1, -0.05) is 47.5 Å². The molecule has 0 aliphatic rings. The molecule has 0 amide bonds. The van der Waals surface area contributed by atoms with Crippen LogP contribution in [0.15, 0.2) is 60.8 Å². The van der Waals surface area contributed by atoms with Gasteiger partial charge in [0.05, 0.1) is 27.6 Å². The molecule has 5 nitrogen and oxygen atoms in total. The predicted molar refractivity (Wildman–Crippen MR) is 88.5 cm³/mol. The van der Waals surface area contributed by atoms with Gasteiger partial charge in [0.1, 0.15) is 0 Å². The molecule has 1 aromatic heterocycles. The molecule has 2 aromatic carbocycles. The van der Waals surface area contributed by atoms with E-state index in [-0.39, 0.29) is 0 Å². The van der Waals surface area contributed by atoms with Crippen LogP contribution in [0, 0.1) is 0 Å². The minimum absolute atomic E-state index is 0.447. The lowest BCUT2D eigenvalue weighted by molar-refractivity contribution is 0.862. The summed E-state index contributed by atoms with van der Waals surface area (Å²) in [4.78, 5) is 0. The first-order valence-corrected chi connectivity index (χ1v) is 7.21. The summed E-state index contributed by atoms with van der Waals surface area (Å²) in [6, 6.07) is 16.8. The Kier molecular flexibility index (Phi) is 4.37. The van der Waals surface area contributed by atoms with Crippen molar-refractivity contribution in [1.82, 2.24) is 15.4 Å². The van der Waals surface area contributed by atoms with Crippen LogP contribution in [0.25, 0.3) is 0 Å². The normalized spacial score (nSPS) is 10.3. The number of halogens is 2. The highest BCUT2D eigenvalue weighted by molar-refractivity contribution is 6.43. The van der Waals surface area contributed by atoms with E-state index in [2.05, 4.69) is 20.8 Å². The van der Waals surface area contributed by atoms with Crippen LogP contribution in [0.3, 0.4) is 0 Å². The quantitative estimate of drug-likeness (QED) is 0.720. The van der Waals surface area contributed by atoms with Crippen LogP contribution < -0.4 is 10.4 Å². The number of nitrogens with one attached hydrogen (secondary N) is 1. The zero-order valence-corrected chi connectivity index (χ0v) is 12.8. The summed E-state index contributed by atoms with van der Waals surface area (Å²) in [6.45, 7) is 0. The minimum atomic E-state index is 0.447. The highest BCUT2D eigenvalue weighted by Crippen LogP contribution is 2.36. The Morgan fingerprint density at radius 3 is 2.45 bits per heavy atom. The first-order chi connectivity index (χ1) is 10.8. The average Bonchev–Trinajstić information content (AvgIpc) is 2.57. The number of aromatic nitrogens is 3. The zero-order valence-electron chi connectivity index (χ0n) is 11.3. The molecule has 22 heavy (non-hydrogen) atoms. The number of para-hydroxylation sites is 1. The number of benzene rings is 2. The molecule has 0 aliphatic carbocycles. The van der Waals surface area contributed by atoms with Gasteiger partial charge in [-0.3, -0.25) is 10.4 Å². The predicted octanol–water partition coefficient (Wildman–Crippen LogP) is 4.34. The van der Waals surface area contributed by atoms with Crippen molar-refractivity contribution in [1.29, 1.82) is 0 Å². The molecule has 3 rings (SSSR count). The van der Waals surface area contributed by atoms with E-state index in [1.807, 2.05) is 42.5 Å². The molecule has 0 radical (unpaired) electrons. The van der Waals surface area contributed by atoms with Gasteiger partial charge in [0.2, 0.25) is 0 Å². The van der Waals surface area contributed by atoms with Gasteiger partial charge in [-0.15, -0.1) is 10.2 Å². The molecule has 0 bridgehead atoms. The van der Waals surface area contributed by atoms with Crippen LogP contribution in [0.2, 0.25) is 10.0 Å². The van der Waals surface area contributed by atoms with Crippen molar-refractivity contribution >= 4 is 40.4 Å². The second kappa shape index (κ2) is 6.60. The molecule has 0 spiro atoms. The summed E-state index contributed by atoms with van der Waals surface area (Å²) in [6.07, 6.45) is 1.55. The third-order valence-electron chi connectivity index (χ3n) is 2.92. The Balaban J connectivity index is 2.05. The van der Waals surface area contributed by atoms with E-state index >= 15 is 0 Å². The SMILES string of the molecule is Clc1cccc(N(Nc2ccnnn2)c2ccccc2)c1Cl. The third kappa shape index (κ3) is 3.10. The first-order valence-electron chi connectivity index (χ1n) is 6.46. The molecule has 1 N–H and O–H groups in total. The molecule has 3 aromatic rings. The number of rotatable bonds is 4. The summed E-state index contributed by atoms with van der Waals surface area (Å²) < 4.78 is 0. The Labute approximate surface area is 137 Å². The van der Waals surface area contributed by atoms with Gasteiger partial charge in [0.25, 0.3) is 0 Å². The number of hydrogen-bond donors (Lipinski definition) is 1. The van der Waals surface area contributed by atoms with E-state index in [0.29, 0.717) is 21.6 Å². The zero-order chi connectivity index (χ0) is 15.4. The van der Waals surface area contributed by atoms with E-state index in [1.165, 1.54) is 0 Å². The lowest BCUT2D eigenvalue weighted by atomic mass is 10.2. The number of anilines is 3. The number of nitrogens with zero attached hydrogens (tertiary/aromatic N) is 4. The van der Waals surface area contributed by atoms with E-state index in [9.17, 15) is 0 Å². The summed E-state index contributed by atoms with van der Waals surface area (Å²) in [5, 5.41) is 13.9. The highest BCUT2D eigenvalue weighted by Gasteiger charge is 2.15. The fourth-order valence-electron chi connectivity index (χ4n) is 1.92. The molecule has 110 valence electrons. The molecular weight excluding hydrogens is 321 g/mol. The fourth-order valence-corrected chi connectivity index (χ4v) is 2.30. The van der Waals surface area contributed by atoms with Crippen LogP contribution in [-0.4, -0.2) is 15.4 Å². The molecule has 1 heterocycles. The van der Waals surface area contributed by atoms with Crippen LogP contribution >= 0.6 is 23.2 Å². The molecular formula is C15H11Cl2N5. The molecule has 0 fully saturated rings. The van der Waals surface area contributed by atoms with Crippen LogP contribution in [-0.2, 0) is 0 Å². The topological polar surface area (TPSA) is 53.9 Å². The van der Waals surface area contributed by atoms with E-state index in [0.717, 1.165) is 5.69 Å². The highest BCUT2D eigenvalue weighted by atomic mass is 35.5.